The smallest absolute Gasteiger partial charge is 0.246 e. The Balaban J connectivity index is 1.36. The molecule has 1 heterocycles. The van der Waals surface area contributed by atoms with E-state index in [1.807, 2.05) is 72.8 Å². The molecule has 1 aliphatic heterocycles. The zero-order chi connectivity index (χ0) is 24.9. The normalized spacial score (nSPS) is 19.3. The van der Waals surface area contributed by atoms with Crippen molar-refractivity contribution in [2.75, 3.05) is 14.2 Å². The first-order valence-electron chi connectivity index (χ1n) is 12.5. The molecule has 1 saturated carbocycles. The van der Waals surface area contributed by atoms with Gasteiger partial charge in [-0.15, -0.1) is 0 Å². The molecule has 2 aliphatic rings. The molecule has 0 saturated heterocycles. The largest absolute Gasteiger partial charge is 0.493 e. The molecule has 3 aromatic rings. The molecule has 0 spiro atoms. The van der Waals surface area contributed by atoms with Crippen LogP contribution in [0.4, 0.5) is 0 Å². The third-order valence-electron chi connectivity index (χ3n) is 7.10. The topological polar surface area (TPSA) is 60.4 Å². The molecule has 0 aromatic heterocycles. The van der Waals surface area contributed by atoms with Crippen LogP contribution in [0.25, 0.3) is 0 Å². The summed E-state index contributed by atoms with van der Waals surface area (Å²) in [5.74, 6) is 2.37. The van der Waals surface area contributed by atoms with Crippen LogP contribution in [0.3, 0.4) is 0 Å². The summed E-state index contributed by atoms with van der Waals surface area (Å²) in [5, 5.41) is 6.57. The fraction of sp³-hybridized carbons (Fsp3) is 0.333. The molecular formula is C30H32N2O4. The lowest BCUT2D eigenvalue weighted by molar-refractivity contribution is -0.139. The third kappa shape index (κ3) is 5.08. The third-order valence-corrected chi connectivity index (χ3v) is 7.10. The lowest BCUT2D eigenvalue weighted by Gasteiger charge is -2.38. The van der Waals surface area contributed by atoms with E-state index < -0.39 is 0 Å². The predicted octanol–water partition coefficient (Wildman–Crippen LogP) is 5.84. The van der Waals surface area contributed by atoms with Crippen molar-refractivity contribution in [1.29, 1.82) is 0 Å². The molecule has 0 bridgehead atoms. The van der Waals surface area contributed by atoms with Crippen LogP contribution in [0.1, 0.15) is 42.4 Å². The highest BCUT2D eigenvalue weighted by molar-refractivity contribution is 6.07. The standard InChI is InChI=1S/C30H32N2O4/c1-34-27-17-14-23(18-28(27)35-2)29-25-10-6-7-11-26(25)30(33)32(31-29)19-21-12-15-24(16-13-21)36-20-22-8-4-3-5-9-22/h3-5,8-9,12-18,25-26H,6-7,10-11,19-20H2,1-2H3. The average Bonchev–Trinajstić information content (AvgIpc) is 2.94. The molecule has 0 radical (unpaired) electrons. The second kappa shape index (κ2) is 10.9. The fourth-order valence-electron chi connectivity index (χ4n) is 5.18. The molecule has 1 aliphatic carbocycles. The molecule has 1 amide bonds. The second-order valence-electron chi connectivity index (χ2n) is 9.37. The van der Waals surface area contributed by atoms with Crippen LogP contribution in [0.5, 0.6) is 17.2 Å². The van der Waals surface area contributed by atoms with Gasteiger partial charge >= 0.3 is 0 Å². The Morgan fingerprint density at radius 2 is 1.56 bits per heavy atom. The highest BCUT2D eigenvalue weighted by atomic mass is 16.5. The van der Waals surface area contributed by atoms with Crippen molar-refractivity contribution in [3.05, 3.63) is 89.5 Å². The van der Waals surface area contributed by atoms with Crippen LogP contribution in [0, 0.1) is 11.8 Å². The Morgan fingerprint density at radius 3 is 2.28 bits per heavy atom. The van der Waals surface area contributed by atoms with Gasteiger partial charge in [-0.3, -0.25) is 4.79 Å². The SMILES string of the molecule is COc1ccc(C2=NN(Cc3ccc(OCc4ccccc4)cc3)C(=O)C3CCCCC23)cc1OC. The Hall–Kier alpha value is -3.80. The maximum Gasteiger partial charge on any atom is 0.246 e. The van der Waals surface area contributed by atoms with Crippen molar-refractivity contribution >= 4 is 11.6 Å². The van der Waals surface area contributed by atoms with E-state index in [1.165, 1.54) is 0 Å². The maximum absolute atomic E-state index is 13.4. The van der Waals surface area contributed by atoms with E-state index in [0.29, 0.717) is 24.7 Å². The van der Waals surface area contributed by atoms with E-state index in [4.69, 9.17) is 19.3 Å². The summed E-state index contributed by atoms with van der Waals surface area (Å²) in [5.41, 5.74) is 4.08. The number of carbonyl (C=O) groups is 1. The predicted molar refractivity (Wildman–Crippen MR) is 139 cm³/mol. The number of nitrogens with zero attached hydrogens (tertiary/aromatic N) is 2. The van der Waals surface area contributed by atoms with E-state index in [0.717, 1.165) is 53.8 Å². The van der Waals surface area contributed by atoms with E-state index in [9.17, 15) is 4.79 Å². The minimum atomic E-state index is -0.0344. The van der Waals surface area contributed by atoms with Crippen molar-refractivity contribution < 1.29 is 19.0 Å². The first kappa shape index (κ1) is 23.9. The molecule has 1 fully saturated rings. The van der Waals surface area contributed by atoms with E-state index >= 15 is 0 Å². The number of hydrazone groups is 1. The zero-order valence-corrected chi connectivity index (χ0v) is 20.9. The molecule has 0 N–H and O–H groups in total. The molecule has 3 aromatic carbocycles. The van der Waals surface area contributed by atoms with Gasteiger partial charge in [0.25, 0.3) is 0 Å². The van der Waals surface area contributed by atoms with Crippen molar-refractivity contribution in [2.45, 2.75) is 38.8 Å². The first-order valence-corrected chi connectivity index (χ1v) is 12.5. The van der Waals surface area contributed by atoms with Crippen molar-refractivity contribution in [1.82, 2.24) is 5.01 Å². The molecule has 186 valence electrons. The number of methoxy groups -OCH3 is 2. The summed E-state index contributed by atoms with van der Waals surface area (Å²) < 4.78 is 16.9. The Labute approximate surface area is 212 Å². The second-order valence-corrected chi connectivity index (χ2v) is 9.37. The van der Waals surface area contributed by atoms with E-state index in [-0.39, 0.29) is 17.7 Å². The average molecular weight is 485 g/mol. The lowest BCUT2D eigenvalue weighted by atomic mass is 9.73. The molecule has 6 heteroatoms. The number of benzene rings is 3. The van der Waals surface area contributed by atoms with Gasteiger partial charge in [-0.25, -0.2) is 5.01 Å². The van der Waals surface area contributed by atoms with E-state index in [1.54, 1.807) is 19.2 Å². The monoisotopic (exact) mass is 484 g/mol. The van der Waals surface area contributed by atoms with Gasteiger partial charge in [0.15, 0.2) is 11.5 Å². The molecule has 2 atom stereocenters. The van der Waals surface area contributed by atoms with Crippen LogP contribution >= 0.6 is 0 Å². The fourth-order valence-corrected chi connectivity index (χ4v) is 5.18. The number of ether oxygens (including phenoxy) is 3. The van der Waals surface area contributed by atoms with Crippen LogP contribution < -0.4 is 14.2 Å². The van der Waals surface area contributed by atoms with Gasteiger partial charge in [0.2, 0.25) is 5.91 Å². The van der Waals surface area contributed by atoms with Crippen LogP contribution in [0.15, 0.2) is 77.9 Å². The minimum Gasteiger partial charge on any atom is -0.493 e. The van der Waals surface area contributed by atoms with Gasteiger partial charge in [0.1, 0.15) is 12.4 Å². The Morgan fingerprint density at radius 1 is 0.833 bits per heavy atom. The first-order chi connectivity index (χ1) is 17.7. The van der Waals surface area contributed by atoms with Crippen LogP contribution in [-0.2, 0) is 17.9 Å². The summed E-state index contributed by atoms with van der Waals surface area (Å²) >= 11 is 0. The maximum atomic E-state index is 13.4. The van der Waals surface area contributed by atoms with Gasteiger partial charge in [0.05, 0.1) is 26.5 Å². The number of fused-ring (bicyclic) bond motifs is 1. The van der Waals surface area contributed by atoms with Crippen LogP contribution in [-0.4, -0.2) is 30.8 Å². The Bertz CT molecular complexity index is 1220. The van der Waals surface area contributed by atoms with Gasteiger partial charge < -0.3 is 14.2 Å². The summed E-state index contributed by atoms with van der Waals surface area (Å²) in [6, 6.07) is 23.9. The summed E-state index contributed by atoms with van der Waals surface area (Å²) in [7, 11) is 3.27. The van der Waals surface area contributed by atoms with Crippen LogP contribution in [0.2, 0.25) is 0 Å². The van der Waals surface area contributed by atoms with Gasteiger partial charge in [-0.05, 0) is 54.3 Å². The lowest BCUT2D eigenvalue weighted by Crippen LogP contribution is -2.45. The summed E-state index contributed by atoms with van der Waals surface area (Å²) in [4.78, 5) is 13.4. The quantitative estimate of drug-likeness (QED) is 0.403. The number of rotatable bonds is 8. The number of hydrogen-bond donors (Lipinski definition) is 0. The van der Waals surface area contributed by atoms with Crippen molar-refractivity contribution in [3.8, 4) is 17.2 Å². The van der Waals surface area contributed by atoms with E-state index in [2.05, 4.69) is 0 Å². The molecule has 6 nitrogen and oxygen atoms in total. The van der Waals surface area contributed by atoms with Crippen molar-refractivity contribution in [3.63, 3.8) is 0 Å². The molecular weight excluding hydrogens is 452 g/mol. The number of amides is 1. The zero-order valence-electron chi connectivity index (χ0n) is 20.9. The molecule has 36 heavy (non-hydrogen) atoms. The van der Waals surface area contributed by atoms with Gasteiger partial charge in [0, 0.05) is 17.4 Å². The van der Waals surface area contributed by atoms with Crippen molar-refractivity contribution in [2.24, 2.45) is 16.9 Å². The van der Waals surface area contributed by atoms with Gasteiger partial charge in [-0.2, -0.15) is 5.10 Å². The van der Waals surface area contributed by atoms with Gasteiger partial charge in [-0.1, -0.05) is 55.3 Å². The highest BCUT2D eigenvalue weighted by Gasteiger charge is 2.41. The summed E-state index contributed by atoms with van der Waals surface area (Å²) in [6.07, 6.45) is 4.07. The summed E-state index contributed by atoms with van der Waals surface area (Å²) in [6.45, 7) is 0.949. The number of hydrogen-bond acceptors (Lipinski definition) is 5. The minimum absolute atomic E-state index is 0.0344. The molecule has 2 unspecified atom stereocenters. The molecule has 5 rings (SSSR count). The highest BCUT2D eigenvalue weighted by Crippen LogP contribution is 2.39. The Kier molecular flexibility index (Phi) is 7.21. The number of carbonyl (C=O) groups excluding carboxylic acids is 1.